The van der Waals surface area contributed by atoms with Crippen molar-refractivity contribution in [3.63, 3.8) is 0 Å². The number of nitrogens with zero attached hydrogens (tertiary/aromatic N) is 4. The van der Waals surface area contributed by atoms with Crippen LogP contribution in [0.15, 0.2) is 53.5 Å². The molecule has 0 amide bonds. The predicted molar refractivity (Wildman–Crippen MR) is 143 cm³/mol. The molecule has 176 valence electrons. The molecule has 8 heteroatoms. The van der Waals surface area contributed by atoms with Crippen molar-refractivity contribution in [3.05, 3.63) is 71.3 Å². The minimum Gasteiger partial charge on any atom is -0.491 e. The molecule has 0 spiro atoms. The smallest absolute Gasteiger partial charge is 0.196 e. The van der Waals surface area contributed by atoms with Gasteiger partial charge in [0.2, 0.25) is 0 Å². The standard InChI is InChI=1S/C25H32N6O.HI/c1-18(2)32-22-13-11-21(12-14-22)28-25(26-16-20-9-5-4-8-19(20)3)27-17-24-30-29-23-10-6-7-15-31(23)24;/h4-5,8-9,11-14,18H,6-7,10,15-17H2,1-3H3,(H2,26,27,28);1H. The summed E-state index contributed by atoms with van der Waals surface area (Å²) in [5.74, 6) is 3.59. The lowest BCUT2D eigenvalue weighted by atomic mass is 10.1. The second kappa shape index (κ2) is 12.0. The lowest BCUT2D eigenvalue weighted by Crippen LogP contribution is -2.32. The average Bonchev–Trinajstić information content (AvgIpc) is 3.20. The topological polar surface area (TPSA) is 76.4 Å². The van der Waals surface area contributed by atoms with E-state index in [4.69, 9.17) is 9.73 Å². The van der Waals surface area contributed by atoms with Crippen LogP contribution in [0.2, 0.25) is 0 Å². The van der Waals surface area contributed by atoms with Crippen LogP contribution in [0.4, 0.5) is 5.69 Å². The highest BCUT2D eigenvalue weighted by Gasteiger charge is 2.16. The second-order valence-corrected chi connectivity index (χ2v) is 8.40. The Kier molecular flexibility index (Phi) is 9.11. The quantitative estimate of drug-likeness (QED) is 0.239. The molecule has 0 aliphatic carbocycles. The molecule has 0 fully saturated rings. The number of guanidine groups is 1. The van der Waals surface area contributed by atoms with Crippen LogP contribution < -0.4 is 15.4 Å². The Hall–Kier alpha value is -2.62. The number of hydrogen-bond acceptors (Lipinski definition) is 4. The van der Waals surface area contributed by atoms with Crippen molar-refractivity contribution in [1.82, 2.24) is 20.1 Å². The van der Waals surface area contributed by atoms with E-state index in [1.54, 1.807) is 0 Å². The first-order chi connectivity index (χ1) is 15.6. The number of anilines is 1. The van der Waals surface area contributed by atoms with Crippen LogP contribution in [0.1, 0.15) is 49.5 Å². The highest BCUT2D eigenvalue weighted by Crippen LogP contribution is 2.18. The van der Waals surface area contributed by atoms with Gasteiger partial charge >= 0.3 is 0 Å². The van der Waals surface area contributed by atoms with E-state index in [2.05, 4.69) is 50.5 Å². The van der Waals surface area contributed by atoms with Gasteiger partial charge in [-0.25, -0.2) is 4.99 Å². The summed E-state index contributed by atoms with van der Waals surface area (Å²) in [5, 5.41) is 15.6. The molecule has 2 N–H and O–H groups in total. The summed E-state index contributed by atoms with van der Waals surface area (Å²) in [5.41, 5.74) is 3.38. The highest BCUT2D eigenvalue weighted by atomic mass is 127. The van der Waals surface area contributed by atoms with E-state index >= 15 is 0 Å². The number of aliphatic imine (C=N–C) groups is 1. The molecule has 0 saturated carbocycles. The first-order valence-corrected chi connectivity index (χ1v) is 11.4. The van der Waals surface area contributed by atoms with Crippen molar-refractivity contribution in [2.75, 3.05) is 5.32 Å². The van der Waals surface area contributed by atoms with Crippen LogP contribution >= 0.6 is 24.0 Å². The van der Waals surface area contributed by atoms with E-state index in [1.165, 1.54) is 24.0 Å². The molecule has 1 aliphatic heterocycles. The summed E-state index contributed by atoms with van der Waals surface area (Å²) < 4.78 is 7.98. The van der Waals surface area contributed by atoms with E-state index < -0.39 is 0 Å². The summed E-state index contributed by atoms with van der Waals surface area (Å²) in [4.78, 5) is 4.84. The van der Waals surface area contributed by atoms with Crippen molar-refractivity contribution in [2.24, 2.45) is 4.99 Å². The molecule has 2 aromatic carbocycles. The fraction of sp³-hybridized carbons (Fsp3) is 0.400. The highest BCUT2D eigenvalue weighted by molar-refractivity contribution is 14.0. The van der Waals surface area contributed by atoms with E-state index in [9.17, 15) is 0 Å². The lowest BCUT2D eigenvalue weighted by molar-refractivity contribution is 0.242. The zero-order chi connectivity index (χ0) is 22.3. The summed E-state index contributed by atoms with van der Waals surface area (Å²) in [6.07, 6.45) is 3.52. The van der Waals surface area contributed by atoms with Crippen molar-refractivity contribution in [3.8, 4) is 5.75 Å². The Bertz CT molecular complexity index is 1060. The minimum atomic E-state index is 0. The van der Waals surface area contributed by atoms with Gasteiger partial charge in [-0.15, -0.1) is 34.2 Å². The maximum Gasteiger partial charge on any atom is 0.196 e. The van der Waals surface area contributed by atoms with Gasteiger partial charge in [-0.05, 0) is 69.0 Å². The van der Waals surface area contributed by atoms with Gasteiger partial charge in [0.15, 0.2) is 11.8 Å². The van der Waals surface area contributed by atoms with Gasteiger partial charge in [0.05, 0.1) is 19.2 Å². The molecule has 0 radical (unpaired) electrons. The normalized spacial score (nSPS) is 13.3. The second-order valence-electron chi connectivity index (χ2n) is 8.40. The number of halogens is 1. The zero-order valence-corrected chi connectivity index (χ0v) is 21.9. The summed E-state index contributed by atoms with van der Waals surface area (Å²) in [6.45, 7) is 8.31. The molecule has 0 unspecified atom stereocenters. The third-order valence-electron chi connectivity index (χ3n) is 5.51. The van der Waals surface area contributed by atoms with Gasteiger partial charge in [-0.1, -0.05) is 24.3 Å². The third-order valence-corrected chi connectivity index (χ3v) is 5.51. The van der Waals surface area contributed by atoms with Gasteiger partial charge in [0, 0.05) is 18.7 Å². The molecule has 4 rings (SSSR count). The van der Waals surface area contributed by atoms with Crippen LogP contribution in [-0.2, 0) is 26.1 Å². The lowest BCUT2D eigenvalue weighted by Gasteiger charge is -2.17. The number of hydrogen-bond donors (Lipinski definition) is 2. The van der Waals surface area contributed by atoms with E-state index in [0.717, 1.165) is 36.1 Å². The molecule has 0 atom stereocenters. The number of aryl methyl sites for hydroxylation is 2. The fourth-order valence-electron chi connectivity index (χ4n) is 3.78. The molecular weight excluding hydrogens is 527 g/mol. The van der Waals surface area contributed by atoms with Gasteiger partial charge in [-0.3, -0.25) is 0 Å². The van der Waals surface area contributed by atoms with Gasteiger partial charge in [0.25, 0.3) is 0 Å². The number of aromatic nitrogens is 3. The molecule has 0 bridgehead atoms. The molecule has 1 aromatic heterocycles. The van der Waals surface area contributed by atoms with Gasteiger partial charge in [0.1, 0.15) is 11.6 Å². The summed E-state index contributed by atoms with van der Waals surface area (Å²) in [7, 11) is 0. The molecule has 3 aromatic rings. The number of benzene rings is 2. The first-order valence-electron chi connectivity index (χ1n) is 11.4. The van der Waals surface area contributed by atoms with E-state index in [1.807, 2.05) is 44.2 Å². The Balaban J connectivity index is 0.00000306. The molecule has 33 heavy (non-hydrogen) atoms. The maximum absolute atomic E-state index is 5.75. The van der Waals surface area contributed by atoms with Crippen LogP contribution in [0.5, 0.6) is 5.75 Å². The minimum absolute atomic E-state index is 0. The Morgan fingerprint density at radius 1 is 1.09 bits per heavy atom. The van der Waals surface area contributed by atoms with Crippen LogP contribution in [0.25, 0.3) is 0 Å². The summed E-state index contributed by atoms with van der Waals surface area (Å²) >= 11 is 0. The van der Waals surface area contributed by atoms with Crippen molar-refractivity contribution in [2.45, 2.75) is 65.8 Å². The largest absolute Gasteiger partial charge is 0.491 e. The number of ether oxygens (including phenoxy) is 1. The zero-order valence-electron chi connectivity index (χ0n) is 19.5. The maximum atomic E-state index is 5.75. The van der Waals surface area contributed by atoms with Crippen molar-refractivity contribution in [1.29, 1.82) is 0 Å². The number of rotatable bonds is 7. The predicted octanol–water partition coefficient (Wildman–Crippen LogP) is 5.09. The van der Waals surface area contributed by atoms with Gasteiger partial charge < -0.3 is 19.9 Å². The van der Waals surface area contributed by atoms with Crippen LogP contribution in [0.3, 0.4) is 0 Å². The van der Waals surface area contributed by atoms with Crippen molar-refractivity contribution >= 4 is 35.6 Å². The fourth-order valence-corrected chi connectivity index (χ4v) is 3.78. The molecular formula is C25H33IN6O. The van der Waals surface area contributed by atoms with Crippen LogP contribution in [0, 0.1) is 6.92 Å². The summed E-state index contributed by atoms with van der Waals surface area (Å²) in [6, 6.07) is 16.3. The monoisotopic (exact) mass is 560 g/mol. The molecule has 1 aliphatic rings. The number of nitrogens with one attached hydrogen (secondary N) is 2. The third kappa shape index (κ3) is 6.93. The van der Waals surface area contributed by atoms with Crippen molar-refractivity contribution < 1.29 is 4.74 Å². The number of fused-ring (bicyclic) bond motifs is 1. The van der Waals surface area contributed by atoms with E-state index in [-0.39, 0.29) is 30.1 Å². The Labute approximate surface area is 213 Å². The SMILES string of the molecule is Cc1ccccc1CN=C(NCc1nnc2n1CCCC2)Nc1ccc(OC(C)C)cc1.I. The molecule has 0 saturated heterocycles. The first kappa shape index (κ1) is 25.0. The molecule has 2 heterocycles. The average molecular weight is 560 g/mol. The Morgan fingerprint density at radius 2 is 1.88 bits per heavy atom. The van der Waals surface area contributed by atoms with Crippen LogP contribution in [-0.4, -0.2) is 26.8 Å². The Morgan fingerprint density at radius 3 is 2.64 bits per heavy atom. The van der Waals surface area contributed by atoms with Gasteiger partial charge in [-0.2, -0.15) is 0 Å². The van der Waals surface area contributed by atoms with E-state index in [0.29, 0.717) is 19.0 Å². The molecule has 7 nitrogen and oxygen atoms in total.